The third-order valence-corrected chi connectivity index (χ3v) is 3.96. The maximum atomic E-state index is 13.0. The summed E-state index contributed by atoms with van der Waals surface area (Å²) in [5, 5.41) is 9.99. The molecule has 1 aromatic heterocycles. The van der Waals surface area contributed by atoms with Crippen LogP contribution in [0, 0.1) is 5.82 Å². The van der Waals surface area contributed by atoms with Gasteiger partial charge in [-0.3, -0.25) is 0 Å². The van der Waals surface area contributed by atoms with Gasteiger partial charge in [0.05, 0.1) is 23.5 Å². The van der Waals surface area contributed by atoms with Crippen molar-refractivity contribution >= 4 is 23.4 Å². The lowest BCUT2D eigenvalue weighted by Crippen LogP contribution is -1.97. The van der Waals surface area contributed by atoms with Gasteiger partial charge >= 0.3 is 0 Å². The number of aromatic nitrogens is 2. The van der Waals surface area contributed by atoms with Crippen molar-refractivity contribution in [2.75, 3.05) is 0 Å². The number of hydrogen-bond donors (Lipinski definition) is 1. The zero-order chi connectivity index (χ0) is 13.1. The maximum absolute atomic E-state index is 13.0. The number of hydrogen-bond acceptors (Lipinski definition) is 3. The van der Waals surface area contributed by atoms with Crippen molar-refractivity contribution in [2.24, 2.45) is 7.05 Å². The summed E-state index contributed by atoms with van der Waals surface area (Å²) in [4.78, 5) is 4.20. The van der Waals surface area contributed by atoms with E-state index in [2.05, 4.69) is 4.98 Å². The summed E-state index contributed by atoms with van der Waals surface area (Å²) < 4.78 is 14.8. The molecule has 6 heteroatoms. The van der Waals surface area contributed by atoms with Gasteiger partial charge < -0.3 is 9.67 Å². The molecular weight excluding hydrogens is 275 g/mol. The van der Waals surface area contributed by atoms with Crippen molar-refractivity contribution in [1.82, 2.24) is 9.55 Å². The SMILES string of the molecule is Cn1c(CO)cnc1SCc1ccc(F)c(Cl)c1. The summed E-state index contributed by atoms with van der Waals surface area (Å²) in [6.07, 6.45) is 1.64. The lowest BCUT2D eigenvalue weighted by atomic mass is 10.2. The van der Waals surface area contributed by atoms with Crippen LogP contribution in [0.1, 0.15) is 11.3 Å². The molecule has 2 rings (SSSR count). The molecule has 18 heavy (non-hydrogen) atoms. The van der Waals surface area contributed by atoms with E-state index in [-0.39, 0.29) is 11.6 Å². The largest absolute Gasteiger partial charge is 0.390 e. The first-order valence-corrected chi connectivity index (χ1v) is 6.66. The summed E-state index contributed by atoms with van der Waals surface area (Å²) in [6, 6.07) is 4.67. The van der Waals surface area contributed by atoms with Crippen LogP contribution in [0.2, 0.25) is 5.02 Å². The fourth-order valence-corrected chi connectivity index (χ4v) is 2.60. The Morgan fingerprint density at radius 1 is 1.50 bits per heavy atom. The summed E-state index contributed by atoms with van der Waals surface area (Å²) in [7, 11) is 1.85. The molecule has 0 atom stereocenters. The van der Waals surface area contributed by atoms with Crippen LogP contribution in [0.3, 0.4) is 0 Å². The number of benzene rings is 1. The van der Waals surface area contributed by atoms with Crippen LogP contribution in [0.25, 0.3) is 0 Å². The predicted octanol–water partition coefficient (Wildman–Crippen LogP) is 3.00. The molecule has 96 valence electrons. The third kappa shape index (κ3) is 2.85. The molecule has 0 saturated carbocycles. The van der Waals surface area contributed by atoms with E-state index in [4.69, 9.17) is 16.7 Å². The third-order valence-electron chi connectivity index (χ3n) is 2.56. The molecule has 0 amide bonds. The standard InChI is InChI=1S/C12H12ClFN2OS/c1-16-9(6-17)5-15-12(16)18-7-8-2-3-11(14)10(13)4-8/h2-5,17H,6-7H2,1H3. The average molecular weight is 287 g/mol. The lowest BCUT2D eigenvalue weighted by Gasteiger charge is -2.04. The van der Waals surface area contributed by atoms with Crippen LogP contribution in [0.15, 0.2) is 29.6 Å². The minimum absolute atomic E-state index is 0.0353. The number of nitrogens with zero attached hydrogens (tertiary/aromatic N) is 2. The van der Waals surface area contributed by atoms with Crippen LogP contribution in [0.4, 0.5) is 4.39 Å². The first kappa shape index (κ1) is 13.4. The van der Waals surface area contributed by atoms with Gasteiger partial charge in [-0.15, -0.1) is 0 Å². The van der Waals surface area contributed by atoms with E-state index in [1.165, 1.54) is 17.8 Å². The van der Waals surface area contributed by atoms with E-state index in [1.54, 1.807) is 18.3 Å². The number of halogens is 2. The highest BCUT2D eigenvalue weighted by Crippen LogP contribution is 2.24. The second-order valence-corrected chi connectivity index (χ2v) is 5.14. The number of aliphatic hydroxyl groups is 1. The molecule has 1 heterocycles. The van der Waals surface area contributed by atoms with E-state index < -0.39 is 5.82 Å². The number of rotatable bonds is 4. The first-order valence-electron chi connectivity index (χ1n) is 5.30. The monoisotopic (exact) mass is 286 g/mol. The van der Waals surface area contributed by atoms with E-state index in [9.17, 15) is 4.39 Å². The second-order valence-electron chi connectivity index (χ2n) is 3.79. The van der Waals surface area contributed by atoms with E-state index in [0.29, 0.717) is 5.75 Å². The second kappa shape index (κ2) is 5.73. The maximum Gasteiger partial charge on any atom is 0.168 e. The van der Waals surface area contributed by atoms with E-state index in [1.807, 2.05) is 11.6 Å². The summed E-state index contributed by atoms with van der Waals surface area (Å²) in [5.41, 5.74) is 1.69. The van der Waals surface area contributed by atoms with Crippen LogP contribution in [-0.2, 0) is 19.4 Å². The smallest absolute Gasteiger partial charge is 0.168 e. The Bertz CT molecular complexity index is 559. The van der Waals surface area contributed by atoms with Crippen molar-refractivity contribution in [3.63, 3.8) is 0 Å². The minimum Gasteiger partial charge on any atom is -0.390 e. The normalized spacial score (nSPS) is 10.9. The number of imidazole rings is 1. The van der Waals surface area contributed by atoms with Crippen LogP contribution in [0.5, 0.6) is 0 Å². The summed E-state index contributed by atoms with van der Waals surface area (Å²) in [5.74, 6) is 0.236. The molecule has 0 aliphatic carbocycles. The summed E-state index contributed by atoms with van der Waals surface area (Å²) in [6.45, 7) is -0.0353. The Labute approximate surface area is 114 Å². The molecule has 0 saturated heterocycles. The van der Waals surface area contributed by atoms with Crippen LogP contribution < -0.4 is 0 Å². The molecular formula is C12H12ClFN2OS. The quantitative estimate of drug-likeness (QED) is 0.878. The zero-order valence-corrected chi connectivity index (χ0v) is 11.3. The van der Waals surface area contributed by atoms with Gasteiger partial charge in [0.25, 0.3) is 0 Å². The van der Waals surface area contributed by atoms with Crippen molar-refractivity contribution in [3.05, 3.63) is 46.5 Å². The Morgan fingerprint density at radius 3 is 2.89 bits per heavy atom. The highest BCUT2D eigenvalue weighted by molar-refractivity contribution is 7.98. The van der Waals surface area contributed by atoms with Gasteiger partial charge in [0.2, 0.25) is 0 Å². The zero-order valence-electron chi connectivity index (χ0n) is 9.73. The van der Waals surface area contributed by atoms with Gasteiger partial charge in [0.15, 0.2) is 5.16 Å². The van der Waals surface area contributed by atoms with Gasteiger partial charge in [-0.2, -0.15) is 0 Å². The van der Waals surface area contributed by atoms with Crippen molar-refractivity contribution in [3.8, 4) is 0 Å². The molecule has 0 bridgehead atoms. The molecule has 0 unspecified atom stereocenters. The Hall–Kier alpha value is -1.04. The van der Waals surface area contributed by atoms with E-state index >= 15 is 0 Å². The Morgan fingerprint density at radius 2 is 2.28 bits per heavy atom. The van der Waals surface area contributed by atoms with Gasteiger partial charge in [0.1, 0.15) is 5.82 Å². The lowest BCUT2D eigenvalue weighted by molar-refractivity contribution is 0.271. The molecule has 0 radical (unpaired) electrons. The highest BCUT2D eigenvalue weighted by atomic mass is 35.5. The number of thioether (sulfide) groups is 1. The molecule has 0 aliphatic heterocycles. The van der Waals surface area contributed by atoms with Gasteiger partial charge in [-0.1, -0.05) is 29.4 Å². The Kier molecular flexibility index (Phi) is 4.27. The molecule has 1 aromatic carbocycles. The van der Waals surface area contributed by atoms with Crippen LogP contribution >= 0.6 is 23.4 Å². The summed E-state index contributed by atoms with van der Waals surface area (Å²) >= 11 is 7.23. The van der Waals surface area contributed by atoms with Gasteiger partial charge in [0, 0.05) is 12.8 Å². The predicted molar refractivity (Wildman–Crippen MR) is 70.1 cm³/mol. The van der Waals surface area contributed by atoms with Crippen LogP contribution in [-0.4, -0.2) is 14.7 Å². The fraction of sp³-hybridized carbons (Fsp3) is 0.250. The van der Waals surface area contributed by atoms with Crippen molar-refractivity contribution < 1.29 is 9.50 Å². The molecule has 3 nitrogen and oxygen atoms in total. The average Bonchev–Trinajstić information content (AvgIpc) is 2.72. The molecule has 2 aromatic rings. The van der Waals surface area contributed by atoms with E-state index in [0.717, 1.165) is 16.4 Å². The molecule has 0 fully saturated rings. The molecule has 0 spiro atoms. The van der Waals surface area contributed by atoms with Crippen molar-refractivity contribution in [2.45, 2.75) is 17.5 Å². The highest BCUT2D eigenvalue weighted by Gasteiger charge is 2.07. The fourth-order valence-electron chi connectivity index (χ4n) is 1.48. The molecule has 0 aliphatic rings. The molecule has 1 N–H and O–H groups in total. The minimum atomic E-state index is -0.412. The van der Waals surface area contributed by atoms with Crippen molar-refractivity contribution in [1.29, 1.82) is 0 Å². The topological polar surface area (TPSA) is 38.0 Å². The Balaban J connectivity index is 2.06. The van der Waals surface area contributed by atoms with Gasteiger partial charge in [-0.05, 0) is 17.7 Å². The number of aliphatic hydroxyl groups excluding tert-OH is 1. The first-order chi connectivity index (χ1) is 8.61. The van der Waals surface area contributed by atoms with Gasteiger partial charge in [-0.25, -0.2) is 9.37 Å².